The van der Waals surface area contributed by atoms with Crippen LogP contribution in [0.5, 0.6) is 0 Å². The van der Waals surface area contributed by atoms with E-state index in [0.717, 1.165) is 54.1 Å². The van der Waals surface area contributed by atoms with Gasteiger partial charge in [0.05, 0.1) is 5.69 Å². The van der Waals surface area contributed by atoms with Gasteiger partial charge >= 0.3 is 0 Å². The van der Waals surface area contributed by atoms with Crippen LogP contribution in [0.1, 0.15) is 31.0 Å². The van der Waals surface area contributed by atoms with Gasteiger partial charge in [0.25, 0.3) is 0 Å². The zero-order valence-electron chi connectivity index (χ0n) is 19.1. The van der Waals surface area contributed by atoms with Crippen LogP contribution in [0.3, 0.4) is 0 Å². The molecule has 2 aromatic heterocycles. The summed E-state index contributed by atoms with van der Waals surface area (Å²) in [5.41, 5.74) is 4.63. The first-order valence-corrected chi connectivity index (χ1v) is 12.9. The predicted molar refractivity (Wildman–Crippen MR) is 128 cm³/mol. The predicted octanol–water partition coefficient (Wildman–Crippen LogP) is 2.64. The first kappa shape index (κ1) is 22.5. The minimum Gasteiger partial charge on any atom is -0.382 e. The van der Waals surface area contributed by atoms with Crippen molar-refractivity contribution in [1.29, 1.82) is 0 Å². The highest BCUT2D eigenvalue weighted by Crippen LogP contribution is 2.31. The van der Waals surface area contributed by atoms with Gasteiger partial charge in [0.2, 0.25) is 15.9 Å². The standard InChI is InChI=1S/C24H28N6O3S/c1-17(31)29-12-8-20(9-13-29)26-19-6-4-18(5-7-19)24-22-16-30(14-10-23(22)27-28-24)34(32,33)21-3-2-11-25-15-21/h2-7,11,15,20,26H,8-10,12-14,16H2,1H3,(H,27,28). The largest absolute Gasteiger partial charge is 0.382 e. The van der Waals surface area contributed by atoms with Crippen LogP contribution < -0.4 is 5.32 Å². The van der Waals surface area contributed by atoms with Gasteiger partial charge in [0.15, 0.2) is 0 Å². The Morgan fingerprint density at radius 2 is 1.88 bits per heavy atom. The lowest BCUT2D eigenvalue weighted by Crippen LogP contribution is -2.41. The van der Waals surface area contributed by atoms with Crippen LogP contribution in [0, 0.1) is 0 Å². The molecule has 34 heavy (non-hydrogen) atoms. The summed E-state index contributed by atoms with van der Waals surface area (Å²) in [5.74, 6) is 0.136. The molecule has 1 aromatic carbocycles. The highest BCUT2D eigenvalue weighted by atomic mass is 32.2. The molecular weight excluding hydrogens is 452 g/mol. The molecule has 0 aliphatic carbocycles. The maximum Gasteiger partial charge on any atom is 0.244 e. The smallest absolute Gasteiger partial charge is 0.244 e. The van der Waals surface area contributed by atoms with E-state index in [0.29, 0.717) is 19.0 Å². The molecule has 2 aliphatic rings. The van der Waals surface area contributed by atoms with Gasteiger partial charge in [-0.2, -0.15) is 9.40 Å². The molecule has 0 unspecified atom stereocenters. The van der Waals surface area contributed by atoms with Crippen LogP contribution in [0.15, 0.2) is 53.7 Å². The van der Waals surface area contributed by atoms with Crippen molar-refractivity contribution in [3.63, 3.8) is 0 Å². The van der Waals surface area contributed by atoms with E-state index in [9.17, 15) is 13.2 Å². The van der Waals surface area contributed by atoms with Crippen molar-refractivity contribution in [2.75, 3.05) is 25.0 Å². The maximum absolute atomic E-state index is 13.1. The molecule has 5 rings (SSSR count). The molecule has 0 bridgehead atoms. The van der Waals surface area contributed by atoms with Gasteiger partial charge in [-0.25, -0.2) is 8.42 Å². The lowest BCUT2D eigenvalue weighted by molar-refractivity contribution is -0.129. The fraction of sp³-hybridized carbons (Fsp3) is 0.375. The van der Waals surface area contributed by atoms with Gasteiger partial charge in [-0.15, -0.1) is 0 Å². The number of H-pyrrole nitrogens is 1. The molecule has 3 aromatic rings. The Bertz CT molecular complexity index is 1270. The van der Waals surface area contributed by atoms with E-state index in [2.05, 4.69) is 20.5 Å². The molecular formula is C24H28N6O3S. The number of carbonyl (C=O) groups is 1. The number of benzene rings is 1. The Hall–Kier alpha value is -3.24. The Labute approximate surface area is 199 Å². The van der Waals surface area contributed by atoms with Crippen molar-refractivity contribution in [3.8, 4) is 11.3 Å². The van der Waals surface area contributed by atoms with E-state index < -0.39 is 10.0 Å². The number of anilines is 1. The van der Waals surface area contributed by atoms with Crippen molar-refractivity contribution in [1.82, 2.24) is 24.4 Å². The molecule has 4 heterocycles. The quantitative estimate of drug-likeness (QED) is 0.581. The van der Waals surface area contributed by atoms with Crippen molar-refractivity contribution >= 4 is 21.6 Å². The second-order valence-corrected chi connectivity index (χ2v) is 10.7. The second kappa shape index (κ2) is 9.19. The monoisotopic (exact) mass is 480 g/mol. The first-order valence-electron chi connectivity index (χ1n) is 11.5. The summed E-state index contributed by atoms with van der Waals surface area (Å²) in [7, 11) is -3.62. The zero-order valence-corrected chi connectivity index (χ0v) is 19.9. The molecule has 178 valence electrons. The molecule has 0 atom stereocenters. The number of carbonyl (C=O) groups excluding carboxylic acids is 1. The van der Waals surface area contributed by atoms with Crippen LogP contribution in [-0.2, 0) is 27.8 Å². The van der Waals surface area contributed by atoms with Crippen LogP contribution in [0.4, 0.5) is 5.69 Å². The fourth-order valence-electron chi connectivity index (χ4n) is 4.66. The summed E-state index contributed by atoms with van der Waals surface area (Å²) in [5, 5.41) is 11.2. The molecule has 0 radical (unpaired) electrons. The summed E-state index contributed by atoms with van der Waals surface area (Å²) in [6.07, 6.45) is 5.39. The molecule has 9 nitrogen and oxygen atoms in total. The average molecular weight is 481 g/mol. The number of fused-ring (bicyclic) bond motifs is 1. The van der Waals surface area contributed by atoms with Gasteiger partial charge in [0.1, 0.15) is 4.90 Å². The number of rotatable bonds is 5. The van der Waals surface area contributed by atoms with E-state index in [1.54, 1.807) is 25.3 Å². The molecule has 2 aliphatic heterocycles. The molecule has 0 saturated carbocycles. The second-order valence-electron chi connectivity index (χ2n) is 8.81. The van der Waals surface area contributed by atoms with Crippen LogP contribution >= 0.6 is 0 Å². The highest BCUT2D eigenvalue weighted by molar-refractivity contribution is 7.89. The lowest BCUT2D eigenvalue weighted by Gasteiger charge is -2.32. The number of sulfonamides is 1. The van der Waals surface area contributed by atoms with Gasteiger partial charge < -0.3 is 10.2 Å². The number of pyridine rings is 1. The van der Waals surface area contributed by atoms with Gasteiger partial charge in [-0.3, -0.25) is 14.9 Å². The topological polar surface area (TPSA) is 111 Å². The third kappa shape index (κ3) is 4.43. The fourth-order valence-corrected chi connectivity index (χ4v) is 6.04. The summed E-state index contributed by atoms with van der Waals surface area (Å²) >= 11 is 0. The number of aromatic nitrogens is 3. The number of piperidine rings is 1. The van der Waals surface area contributed by atoms with Crippen molar-refractivity contribution in [3.05, 3.63) is 60.0 Å². The van der Waals surface area contributed by atoms with E-state index in [1.165, 1.54) is 10.5 Å². The number of hydrogen-bond acceptors (Lipinski definition) is 6. The summed E-state index contributed by atoms with van der Waals surface area (Å²) in [4.78, 5) is 17.6. The summed E-state index contributed by atoms with van der Waals surface area (Å²) < 4.78 is 27.7. The maximum atomic E-state index is 13.1. The Morgan fingerprint density at radius 1 is 1.12 bits per heavy atom. The Balaban J connectivity index is 1.29. The molecule has 1 saturated heterocycles. The Morgan fingerprint density at radius 3 is 2.56 bits per heavy atom. The number of nitrogens with zero attached hydrogens (tertiary/aromatic N) is 4. The summed E-state index contributed by atoms with van der Waals surface area (Å²) in [6.45, 7) is 3.85. The van der Waals surface area contributed by atoms with E-state index in [4.69, 9.17) is 0 Å². The molecule has 1 amide bonds. The zero-order chi connectivity index (χ0) is 23.7. The number of hydrogen-bond donors (Lipinski definition) is 2. The number of amides is 1. The lowest BCUT2D eigenvalue weighted by atomic mass is 10.0. The third-order valence-corrected chi connectivity index (χ3v) is 8.47. The van der Waals surface area contributed by atoms with Gasteiger partial charge in [-0.05, 0) is 37.1 Å². The van der Waals surface area contributed by atoms with E-state index in [-0.39, 0.29) is 17.3 Å². The SMILES string of the molecule is CC(=O)N1CCC(Nc2ccc(-c3n[nH]c4c3CN(S(=O)(=O)c3cccnc3)CC4)cc2)CC1. The molecule has 2 N–H and O–H groups in total. The number of likely N-dealkylation sites (tertiary alicyclic amines) is 1. The van der Waals surface area contributed by atoms with Gasteiger partial charge in [0, 0.05) is 80.5 Å². The van der Waals surface area contributed by atoms with E-state index in [1.807, 2.05) is 29.2 Å². The van der Waals surface area contributed by atoms with Crippen LogP contribution in [-0.4, -0.2) is 64.4 Å². The van der Waals surface area contributed by atoms with Crippen molar-refractivity contribution in [2.24, 2.45) is 0 Å². The van der Waals surface area contributed by atoms with E-state index >= 15 is 0 Å². The van der Waals surface area contributed by atoms with Gasteiger partial charge in [-0.1, -0.05) is 12.1 Å². The average Bonchev–Trinajstić information content (AvgIpc) is 3.29. The number of nitrogens with one attached hydrogen (secondary N) is 2. The normalized spacial score (nSPS) is 17.4. The minimum atomic E-state index is -3.62. The third-order valence-electron chi connectivity index (χ3n) is 6.64. The molecule has 0 spiro atoms. The van der Waals surface area contributed by atoms with Crippen molar-refractivity contribution < 1.29 is 13.2 Å². The van der Waals surface area contributed by atoms with Crippen LogP contribution in [0.2, 0.25) is 0 Å². The first-order chi connectivity index (χ1) is 16.4. The highest BCUT2D eigenvalue weighted by Gasteiger charge is 2.31. The summed E-state index contributed by atoms with van der Waals surface area (Å²) in [6, 6.07) is 11.6. The molecule has 1 fully saturated rings. The van der Waals surface area contributed by atoms with Crippen LogP contribution in [0.25, 0.3) is 11.3 Å². The van der Waals surface area contributed by atoms with Crippen molar-refractivity contribution in [2.45, 2.75) is 43.7 Å². The minimum absolute atomic E-state index is 0.136. The Kier molecular flexibility index (Phi) is 6.09. The number of aromatic amines is 1. The molecule has 10 heteroatoms.